The Morgan fingerprint density at radius 2 is 1.60 bits per heavy atom. The predicted molar refractivity (Wildman–Crippen MR) is 127 cm³/mol. The number of aromatic hydroxyl groups is 2. The molecule has 1 amide bonds. The highest BCUT2D eigenvalue weighted by atomic mass is 32.1. The lowest BCUT2D eigenvalue weighted by molar-refractivity contribution is -0.380. The van der Waals surface area contributed by atoms with Gasteiger partial charge in [0.2, 0.25) is 0 Å². The van der Waals surface area contributed by atoms with Crippen LogP contribution in [0.15, 0.2) is 77.9 Å². The zero-order valence-electron chi connectivity index (χ0n) is 17.8. The fraction of sp³-hybridized carbons (Fsp3) is 0.0400. The van der Waals surface area contributed by atoms with Gasteiger partial charge in [-0.3, -0.25) is 14.9 Å². The third-order valence-corrected chi connectivity index (χ3v) is 7.05. The number of phenolic OH excluding ortho intramolecular Hbond substituents is 2. The van der Waals surface area contributed by atoms with Gasteiger partial charge in [-0.25, -0.2) is 5.01 Å². The quantitative estimate of drug-likeness (QED) is 0.240. The number of fused-ring (bicyclic) bond motifs is 6. The highest BCUT2D eigenvalue weighted by Gasteiger charge is 2.57. The van der Waals surface area contributed by atoms with Crippen molar-refractivity contribution < 1.29 is 24.7 Å². The second-order valence-corrected chi connectivity index (χ2v) is 9.11. The fourth-order valence-electron chi connectivity index (χ4n) is 4.70. The van der Waals surface area contributed by atoms with Crippen LogP contribution in [0.5, 0.6) is 23.0 Å². The summed E-state index contributed by atoms with van der Waals surface area (Å²) in [6.45, 7) is 0. The van der Waals surface area contributed by atoms with Crippen LogP contribution in [0.3, 0.4) is 0 Å². The molecule has 0 radical (unpaired) electrons. The molecule has 172 valence electrons. The van der Waals surface area contributed by atoms with Crippen molar-refractivity contribution in [2.45, 2.75) is 5.54 Å². The van der Waals surface area contributed by atoms with E-state index >= 15 is 0 Å². The summed E-state index contributed by atoms with van der Waals surface area (Å²) >= 11 is 0.943. The van der Waals surface area contributed by atoms with E-state index in [9.17, 15) is 25.1 Å². The van der Waals surface area contributed by atoms with E-state index in [0.29, 0.717) is 38.6 Å². The Kier molecular flexibility index (Phi) is 4.42. The molecule has 4 aromatic rings. The first-order valence-electron chi connectivity index (χ1n) is 10.5. The van der Waals surface area contributed by atoms with Crippen molar-refractivity contribution in [3.63, 3.8) is 0 Å². The van der Waals surface area contributed by atoms with Crippen LogP contribution in [-0.2, 0) is 5.54 Å². The summed E-state index contributed by atoms with van der Waals surface area (Å²) in [5, 5.41) is 37.2. The van der Waals surface area contributed by atoms with Crippen LogP contribution in [0.25, 0.3) is 0 Å². The van der Waals surface area contributed by atoms with Crippen molar-refractivity contribution in [2.24, 2.45) is 5.10 Å². The Morgan fingerprint density at radius 1 is 0.943 bits per heavy atom. The number of hydrogen-bond acceptors (Lipinski definition) is 8. The molecule has 0 bridgehead atoms. The minimum Gasteiger partial charge on any atom is -0.508 e. The van der Waals surface area contributed by atoms with E-state index < -0.39 is 10.5 Å². The average Bonchev–Trinajstić information content (AvgIpc) is 3.40. The van der Waals surface area contributed by atoms with Crippen molar-refractivity contribution >= 4 is 28.5 Å². The molecule has 0 saturated heterocycles. The van der Waals surface area contributed by atoms with Crippen LogP contribution >= 0.6 is 11.3 Å². The first-order valence-corrected chi connectivity index (χ1v) is 11.3. The molecule has 9 nitrogen and oxygen atoms in total. The number of nitrogens with zero attached hydrogens (tertiary/aromatic N) is 3. The van der Waals surface area contributed by atoms with Gasteiger partial charge in [-0.1, -0.05) is 29.5 Å². The third-order valence-electron chi connectivity index (χ3n) is 6.08. The van der Waals surface area contributed by atoms with E-state index in [1.54, 1.807) is 30.3 Å². The maximum atomic E-state index is 13.7. The third kappa shape index (κ3) is 2.93. The first kappa shape index (κ1) is 20.9. The minimum absolute atomic E-state index is 0.0268. The van der Waals surface area contributed by atoms with Gasteiger partial charge >= 0.3 is 5.00 Å². The van der Waals surface area contributed by atoms with Crippen LogP contribution in [0.2, 0.25) is 0 Å². The monoisotopic (exact) mass is 485 g/mol. The lowest BCUT2D eigenvalue weighted by Gasteiger charge is -2.41. The summed E-state index contributed by atoms with van der Waals surface area (Å²) in [6, 6.07) is 19.3. The number of carbonyl (C=O) groups is 1. The van der Waals surface area contributed by atoms with E-state index in [4.69, 9.17) is 4.74 Å². The number of thiophene rings is 1. The second kappa shape index (κ2) is 7.40. The molecular weight excluding hydrogens is 470 g/mol. The molecule has 35 heavy (non-hydrogen) atoms. The Morgan fingerprint density at radius 3 is 2.23 bits per heavy atom. The summed E-state index contributed by atoms with van der Waals surface area (Å²) in [7, 11) is 0. The number of rotatable bonds is 3. The Bertz CT molecular complexity index is 1530. The van der Waals surface area contributed by atoms with Gasteiger partial charge in [0.05, 0.1) is 16.0 Å². The predicted octanol–water partition coefficient (Wildman–Crippen LogP) is 4.96. The standard InChI is InChI=1S/C25H15N3O6S/c29-14-5-8-19-21(11-14)34-22-12-15(30)6-9-20(22)25(19)18-4-2-1-3-17(18)24(31)27(25)26-13-16-7-10-23(35-16)28(32)33/h1-13,29-30H. The van der Waals surface area contributed by atoms with E-state index in [0.717, 1.165) is 11.3 Å². The number of ether oxygens (including phenoxy) is 1. The van der Waals surface area contributed by atoms with Gasteiger partial charge in [-0.2, -0.15) is 5.10 Å². The van der Waals surface area contributed by atoms with Crippen LogP contribution in [0.1, 0.15) is 31.9 Å². The molecule has 6 rings (SSSR count). The van der Waals surface area contributed by atoms with Gasteiger partial charge in [0.15, 0.2) is 0 Å². The van der Waals surface area contributed by atoms with E-state index in [1.807, 2.05) is 12.1 Å². The number of hydrogen-bond donors (Lipinski definition) is 2. The van der Waals surface area contributed by atoms with Gasteiger partial charge in [0, 0.05) is 40.5 Å². The maximum Gasteiger partial charge on any atom is 0.324 e. The normalized spacial score (nSPS) is 15.1. The Hall–Kier alpha value is -4.70. The van der Waals surface area contributed by atoms with Crippen molar-refractivity contribution in [2.75, 3.05) is 0 Å². The van der Waals surface area contributed by atoms with Crippen molar-refractivity contribution in [1.29, 1.82) is 0 Å². The molecule has 0 unspecified atom stereocenters. The number of benzene rings is 3. The highest BCUT2D eigenvalue weighted by molar-refractivity contribution is 7.16. The summed E-state index contributed by atoms with van der Waals surface area (Å²) < 4.78 is 6.03. The molecule has 0 saturated carbocycles. The molecule has 2 aliphatic rings. The van der Waals surface area contributed by atoms with E-state index in [2.05, 4.69) is 5.10 Å². The molecule has 10 heteroatoms. The van der Waals surface area contributed by atoms with Crippen LogP contribution in [0, 0.1) is 10.1 Å². The first-order chi connectivity index (χ1) is 16.9. The number of nitro groups is 1. The maximum absolute atomic E-state index is 13.7. The summed E-state index contributed by atoms with van der Waals surface area (Å²) in [5.74, 6) is 0.184. The minimum atomic E-state index is -1.27. The van der Waals surface area contributed by atoms with Gasteiger partial charge in [-0.15, -0.1) is 0 Å². The topological polar surface area (TPSA) is 126 Å². The highest BCUT2D eigenvalue weighted by Crippen LogP contribution is 2.58. The van der Waals surface area contributed by atoms with E-state index in [1.165, 1.54) is 41.6 Å². The van der Waals surface area contributed by atoms with E-state index in [-0.39, 0.29) is 22.4 Å². The number of hydrazone groups is 1. The zero-order valence-corrected chi connectivity index (χ0v) is 18.6. The molecule has 3 heterocycles. The fourth-order valence-corrected chi connectivity index (χ4v) is 5.39. The molecule has 2 N–H and O–H groups in total. The van der Waals surface area contributed by atoms with Crippen LogP contribution in [0.4, 0.5) is 5.00 Å². The Balaban J connectivity index is 1.64. The number of carbonyl (C=O) groups excluding carboxylic acids is 1. The Labute approximate surface area is 201 Å². The SMILES string of the molecule is O=C1c2ccccc2C2(c3ccc(O)cc3Oc3cc(O)ccc32)N1N=Cc1ccc([N+](=O)[O-])s1. The molecule has 0 aliphatic carbocycles. The lowest BCUT2D eigenvalue weighted by atomic mass is 9.75. The van der Waals surface area contributed by atoms with Crippen LogP contribution in [-0.4, -0.2) is 32.3 Å². The molecule has 2 aliphatic heterocycles. The molecule has 1 aromatic heterocycles. The lowest BCUT2D eigenvalue weighted by Crippen LogP contribution is -2.44. The van der Waals surface area contributed by atoms with Crippen LogP contribution < -0.4 is 4.74 Å². The summed E-state index contributed by atoms with van der Waals surface area (Å²) in [4.78, 5) is 24.8. The molecular formula is C25H15N3O6S. The molecule has 0 fully saturated rings. The van der Waals surface area contributed by atoms with Crippen molar-refractivity contribution in [1.82, 2.24) is 5.01 Å². The molecule has 0 atom stereocenters. The average molecular weight is 485 g/mol. The van der Waals surface area contributed by atoms with Gasteiger partial charge in [0.25, 0.3) is 5.91 Å². The van der Waals surface area contributed by atoms with Crippen molar-refractivity contribution in [3.05, 3.63) is 110 Å². The smallest absolute Gasteiger partial charge is 0.324 e. The largest absolute Gasteiger partial charge is 0.508 e. The zero-order chi connectivity index (χ0) is 24.3. The molecule has 1 spiro atoms. The summed E-state index contributed by atoms with van der Waals surface area (Å²) in [6.07, 6.45) is 1.42. The number of phenols is 2. The summed E-state index contributed by atoms with van der Waals surface area (Å²) in [5.41, 5.74) is 0.961. The number of amides is 1. The van der Waals surface area contributed by atoms with Gasteiger partial charge < -0.3 is 14.9 Å². The van der Waals surface area contributed by atoms with Gasteiger partial charge in [0.1, 0.15) is 28.5 Å². The second-order valence-electron chi connectivity index (χ2n) is 8.01. The van der Waals surface area contributed by atoms with Crippen molar-refractivity contribution in [3.8, 4) is 23.0 Å². The van der Waals surface area contributed by atoms with Gasteiger partial charge in [-0.05, 0) is 36.4 Å². The molecule has 3 aromatic carbocycles.